The van der Waals surface area contributed by atoms with Gasteiger partial charge >= 0.3 is 0 Å². The molecule has 26 heavy (non-hydrogen) atoms. The molecule has 0 amide bonds. The van der Waals surface area contributed by atoms with Crippen molar-refractivity contribution >= 4 is 92.8 Å². The molecular formula is C10H10Cl8N4O4. The van der Waals surface area contributed by atoms with Crippen LogP contribution < -0.4 is 21.1 Å². The van der Waals surface area contributed by atoms with Crippen LogP contribution in [0.2, 0.25) is 0 Å². The average Bonchev–Trinajstić information content (AvgIpc) is 2.55. The Labute approximate surface area is 187 Å². The Morgan fingerprint density at radius 1 is 0.654 bits per heavy atom. The molecule has 0 aromatic heterocycles. The Bertz CT molecular complexity index is 573. The molecule has 150 valence electrons. The molecule has 6 N–H and O–H groups in total. The van der Waals surface area contributed by atoms with Crippen LogP contribution in [0.4, 0.5) is 0 Å². The molecule has 0 aromatic rings. The van der Waals surface area contributed by atoms with Gasteiger partial charge in [-0.1, -0.05) is 69.6 Å². The van der Waals surface area contributed by atoms with Crippen LogP contribution in [-0.4, -0.2) is 23.5 Å². The third-order valence-corrected chi connectivity index (χ3v) is 4.91. The summed E-state index contributed by atoms with van der Waals surface area (Å²) in [5, 5.41) is 40.0. The summed E-state index contributed by atoms with van der Waals surface area (Å²) < 4.78 is -0.841. The molecular weight excluding hydrogens is 524 g/mol. The SMILES string of the molecule is [O-][NH+](O)/C(Cl)=C(/NCCN/C(C(Cl)=C(Cl)Cl)=C(/Cl)[NH+]([O-])O)C(Cl)=C(Cl)Cl. The highest BCUT2D eigenvalue weighted by Gasteiger charge is 2.19. The molecule has 0 aliphatic heterocycles. The lowest BCUT2D eigenvalue weighted by Gasteiger charge is -2.18. The fourth-order valence-corrected chi connectivity index (χ4v) is 2.40. The van der Waals surface area contributed by atoms with Gasteiger partial charge in [-0.05, 0) is 23.2 Å². The third kappa shape index (κ3) is 8.76. The predicted molar refractivity (Wildman–Crippen MR) is 103 cm³/mol. The maximum absolute atomic E-state index is 11.0. The first-order valence-corrected chi connectivity index (χ1v) is 9.10. The summed E-state index contributed by atoms with van der Waals surface area (Å²) in [6, 6.07) is 0. The molecule has 16 heteroatoms. The van der Waals surface area contributed by atoms with Gasteiger partial charge in [-0.25, -0.2) is 10.4 Å². The van der Waals surface area contributed by atoms with Crippen molar-refractivity contribution in [2.45, 2.75) is 0 Å². The van der Waals surface area contributed by atoms with Gasteiger partial charge in [0.15, 0.2) is 0 Å². The van der Waals surface area contributed by atoms with Crippen molar-refractivity contribution in [3.05, 3.63) is 51.2 Å². The van der Waals surface area contributed by atoms with Crippen molar-refractivity contribution in [1.29, 1.82) is 0 Å². The van der Waals surface area contributed by atoms with Gasteiger partial charge in [0.2, 0.25) is 0 Å². The maximum Gasteiger partial charge on any atom is 0.257 e. The summed E-state index contributed by atoms with van der Waals surface area (Å²) in [6.45, 7) is -0.0685. The first kappa shape index (κ1) is 26.6. The molecule has 2 atom stereocenters. The van der Waals surface area contributed by atoms with Gasteiger partial charge in [0.05, 0.1) is 0 Å². The van der Waals surface area contributed by atoms with Gasteiger partial charge in [-0.3, -0.25) is 0 Å². The minimum atomic E-state index is -1.48. The van der Waals surface area contributed by atoms with Crippen molar-refractivity contribution in [1.82, 2.24) is 10.6 Å². The van der Waals surface area contributed by atoms with Gasteiger partial charge in [0.25, 0.3) is 10.3 Å². The minimum absolute atomic E-state index is 0.0343. The van der Waals surface area contributed by atoms with Crippen LogP contribution in [-0.2, 0) is 0 Å². The van der Waals surface area contributed by atoms with E-state index < -0.39 is 29.7 Å². The first-order valence-electron chi connectivity index (χ1n) is 6.07. The normalized spacial score (nSPS) is 15.4. The smallest absolute Gasteiger partial charge is 0.257 e. The molecule has 0 aliphatic rings. The van der Waals surface area contributed by atoms with Crippen LogP contribution in [0.1, 0.15) is 0 Å². The summed E-state index contributed by atoms with van der Waals surface area (Å²) in [7, 11) is 0. The van der Waals surface area contributed by atoms with Gasteiger partial charge in [-0.2, -0.15) is 10.5 Å². The lowest BCUT2D eigenvalue weighted by atomic mass is 10.4. The molecule has 8 nitrogen and oxygen atoms in total. The van der Waals surface area contributed by atoms with Gasteiger partial charge < -0.3 is 21.0 Å². The van der Waals surface area contributed by atoms with Gasteiger partial charge in [-0.15, -0.1) is 0 Å². The van der Waals surface area contributed by atoms with Crippen LogP contribution in [0.5, 0.6) is 0 Å². The second kappa shape index (κ2) is 13.0. The molecule has 0 bridgehead atoms. The number of rotatable bonds is 9. The second-order valence-corrected chi connectivity index (χ2v) is 7.40. The van der Waals surface area contributed by atoms with E-state index in [0.717, 1.165) is 0 Å². The highest BCUT2D eigenvalue weighted by Crippen LogP contribution is 2.26. The van der Waals surface area contributed by atoms with E-state index >= 15 is 0 Å². The lowest BCUT2D eigenvalue weighted by molar-refractivity contribution is -1.01. The Morgan fingerprint density at radius 2 is 0.923 bits per heavy atom. The van der Waals surface area contributed by atoms with E-state index in [9.17, 15) is 10.4 Å². The number of nitrogens with one attached hydrogen (secondary N) is 4. The Morgan fingerprint density at radius 3 is 1.12 bits per heavy atom. The van der Waals surface area contributed by atoms with E-state index in [4.69, 9.17) is 103 Å². The van der Waals surface area contributed by atoms with Crippen molar-refractivity contribution in [3.8, 4) is 0 Å². The molecule has 0 spiro atoms. The Kier molecular flexibility index (Phi) is 13.3. The Hall–Kier alpha value is 0.640. The molecule has 0 fully saturated rings. The molecule has 0 heterocycles. The average molecular weight is 534 g/mol. The zero-order chi connectivity index (χ0) is 20.6. The summed E-state index contributed by atoms with van der Waals surface area (Å²) in [5.41, 5.74) is -0.510. The monoisotopic (exact) mass is 530 g/mol. The summed E-state index contributed by atoms with van der Waals surface area (Å²) in [6.07, 6.45) is 0. The molecule has 0 aromatic carbocycles. The molecule has 0 radical (unpaired) electrons. The van der Waals surface area contributed by atoms with Crippen molar-refractivity contribution in [3.63, 3.8) is 0 Å². The molecule has 0 aliphatic carbocycles. The zero-order valence-corrected chi connectivity index (χ0v) is 18.2. The van der Waals surface area contributed by atoms with Gasteiger partial charge in [0.1, 0.15) is 30.4 Å². The van der Waals surface area contributed by atoms with Crippen molar-refractivity contribution < 1.29 is 20.9 Å². The third-order valence-electron chi connectivity index (χ3n) is 2.31. The van der Waals surface area contributed by atoms with Crippen LogP contribution in [0.15, 0.2) is 40.8 Å². The van der Waals surface area contributed by atoms with Crippen LogP contribution in [0.3, 0.4) is 0 Å². The molecule has 0 saturated carbocycles. The number of halogens is 8. The largest absolute Gasteiger partial charge is 0.594 e. The number of hydrogen-bond donors (Lipinski definition) is 6. The Balaban J connectivity index is 5.30. The standard InChI is InChI=1S/C10H10Cl8N4O4/c11-3(7(13)14)5(9(17)21(23)24)19-1-2-20-6(4(12)8(15)16)10(18)22(25)26/h19-23,25H,1-2H2/b9-5-,10-6+. The topological polar surface area (TPSA) is 120 Å². The van der Waals surface area contributed by atoms with Crippen LogP contribution in [0.25, 0.3) is 0 Å². The highest BCUT2D eigenvalue weighted by atomic mass is 35.5. The second-order valence-electron chi connectivity index (χ2n) is 3.99. The van der Waals surface area contributed by atoms with Crippen molar-refractivity contribution in [2.75, 3.05) is 13.1 Å². The number of allylic oxidation sites excluding steroid dienone is 2. The van der Waals surface area contributed by atoms with E-state index in [1.54, 1.807) is 0 Å². The summed E-state index contributed by atoms with van der Waals surface area (Å²) in [4.78, 5) is 0. The molecule has 0 saturated heterocycles. The van der Waals surface area contributed by atoms with E-state index in [-0.39, 0.29) is 34.5 Å². The highest BCUT2D eigenvalue weighted by molar-refractivity contribution is 6.60. The van der Waals surface area contributed by atoms with E-state index in [1.807, 2.05) is 0 Å². The quantitative estimate of drug-likeness (QED) is 0.117. The fraction of sp³-hybridized carbons (Fsp3) is 0.200. The zero-order valence-electron chi connectivity index (χ0n) is 12.1. The van der Waals surface area contributed by atoms with Crippen LogP contribution >= 0.6 is 92.8 Å². The minimum Gasteiger partial charge on any atom is -0.594 e. The molecule has 0 rings (SSSR count). The number of quaternary nitrogens is 2. The van der Waals surface area contributed by atoms with Crippen LogP contribution in [0, 0.1) is 10.4 Å². The van der Waals surface area contributed by atoms with E-state index in [2.05, 4.69) is 10.6 Å². The first-order chi connectivity index (χ1) is 11.9. The number of hydroxylamine groups is 4. The maximum atomic E-state index is 11.0. The van der Waals surface area contributed by atoms with Crippen molar-refractivity contribution in [2.24, 2.45) is 0 Å². The summed E-state index contributed by atoms with van der Waals surface area (Å²) in [5.74, 6) is 0. The summed E-state index contributed by atoms with van der Waals surface area (Å²) >= 11 is 44.9. The van der Waals surface area contributed by atoms with E-state index in [0.29, 0.717) is 0 Å². The number of hydrogen-bond acceptors (Lipinski definition) is 6. The predicted octanol–water partition coefficient (Wildman–Crippen LogP) is 2.30. The fourth-order valence-electron chi connectivity index (χ4n) is 1.28. The van der Waals surface area contributed by atoms with Gasteiger partial charge in [0, 0.05) is 13.1 Å². The lowest BCUT2D eigenvalue weighted by Crippen LogP contribution is -3.02. The molecule has 2 unspecified atom stereocenters. The van der Waals surface area contributed by atoms with E-state index in [1.165, 1.54) is 0 Å².